The number of likely N-dealkylation sites (tertiary alicyclic amines) is 2. The van der Waals surface area contributed by atoms with Gasteiger partial charge in [0.2, 0.25) is 0 Å². The van der Waals surface area contributed by atoms with Crippen LogP contribution in [0.3, 0.4) is 0 Å². The molecule has 30 heavy (non-hydrogen) atoms. The number of hydrogen-bond donors (Lipinski definition) is 2. The van der Waals surface area contributed by atoms with Gasteiger partial charge in [-0.05, 0) is 86.1 Å². The summed E-state index contributed by atoms with van der Waals surface area (Å²) in [6.45, 7) is 4.30. The van der Waals surface area contributed by atoms with Crippen molar-refractivity contribution in [1.29, 1.82) is 0 Å². The zero-order valence-corrected chi connectivity index (χ0v) is 17.9. The van der Waals surface area contributed by atoms with Gasteiger partial charge in [0.05, 0.1) is 13.2 Å². The monoisotopic (exact) mass is 412 g/mol. The smallest absolute Gasteiger partial charge is 0.407 e. The summed E-state index contributed by atoms with van der Waals surface area (Å²) in [5, 5.41) is 20.1. The molecule has 0 aromatic heterocycles. The Balaban J connectivity index is 1.55. The number of carbonyl (C=O) groups is 1. The van der Waals surface area contributed by atoms with Crippen LogP contribution in [0.5, 0.6) is 5.75 Å². The summed E-state index contributed by atoms with van der Waals surface area (Å²) in [5.41, 5.74) is 3.07. The maximum absolute atomic E-state index is 12.0. The molecule has 1 amide bonds. The van der Waals surface area contributed by atoms with Gasteiger partial charge in [-0.2, -0.15) is 0 Å². The summed E-state index contributed by atoms with van der Waals surface area (Å²) in [6.07, 6.45) is 4.20. The van der Waals surface area contributed by atoms with Crippen molar-refractivity contribution in [2.45, 2.75) is 62.6 Å². The topological polar surface area (TPSA) is 73.2 Å². The molecule has 1 aromatic carbocycles. The molecule has 2 unspecified atom stereocenters. The molecule has 1 aromatic rings. The number of benzene rings is 1. The number of aliphatic hydroxyl groups excluding tert-OH is 1. The van der Waals surface area contributed by atoms with Crippen molar-refractivity contribution in [3.63, 3.8) is 0 Å². The van der Waals surface area contributed by atoms with E-state index in [1.165, 1.54) is 11.1 Å². The maximum atomic E-state index is 12.0. The Labute approximate surface area is 177 Å². The Kier molecular flexibility index (Phi) is 3.87. The SMILES string of the molecule is COc1ccc2c(c1)[C@]13CCN(C[C@@H](C)O)[C@H](C2)[C@]12CCC1C3[C@@H](CN1C(=O)O)C2. The number of amides is 1. The summed E-state index contributed by atoms with van der Waals surface area (Å²) < 4.78 is 5.64. The van der Waals surface area contributed by atoms with Gasteiger partial charge in [-0.1, -0.05) is 6.07 Å². The van der Waals surface area contributed by atoms with E-state index in [1.54, 1.807) is 12.0 Å². The summed E-state index contributed by atoms with van der Waals surface area (Å²) in [4.78, 5) is 16.4. The molecule has 2 saturated carbocycles. The van der Waals surface area contributed by atoms with Crippen molar-refractivity contribution in [1.82, 2.24) is 9.80 Å². The first kappa shape index (κ1) is 18.9. The Morgan fingerprint density at radius 2 is 2.20 bits per heavy atom. The van der Waals surface area contributed by atoms with E-state index in [1.807, 2.05) is 6.92 Å². The van der Waals surface area contributed by atoms with Crippen molar-refractivity contribution < 1.29 is 19.7 Å². The second-order valence-electron chi connectivity index (χ2n) is 10.5. The lowest BCUT2D eigenvalue weighted by molar-refractivity contribution is -0.108. The minimum atomic E-state index is -0.747. The van der Waals surface area contributed by atoms with Crippen LogP contribution in [-0.2, 0) is 11.8 Å². The van der Waals surface area contributed by atoms with Crippen LogP contribution in [0.4, 0.5) is 4.79 Å². The van der Waals surface area contributed by atoms with Gasteiger partial charge in [-0.25, -0.2) is 4.79 Å². The lowest BCUT2D eigenvalue weighted by atomic mass is 9.43. The molecule has 3 aliphatic carbocycles. The highest BCUT2D eigenvalue weighted by Crippen LogP contribution is 2.75. The minimum absolute atomic E-state index is 0.0345. The molecule has 6 rings (SSSR count). The Morgan fingerprint density at radius 3 is 2.93 bits per heavy atom. The normalized spacial score (nSPS) is 41.9. The molecule has 2 heterocycles. The Bertz CT molecular complexity index is 903. The highest BCUT2D eigenvalue weighted by Gasteiger charge is 2.76. The molecule has 4 bridgehead atoms. The molecule has 6 heteroatoms. The Morgan fingerprint density at radius 1 is 1.37 bits per heavy atom. The molecule has 162 valence electrons. The maximum Gasteiger partial charge on any atom is 0.407 e. The molecule has 2 saturated heterocycles. The third-order valence-corrected chi connectivity index (χ3v) is 9.55. The van der Waals surface area contributed by atoms with E-state index in [-0.39, 0.29) is 23.0 Å². The second kappa shape index (κ2) is 6.13. The lowest BCUT2D eigenvalue weighted by Gasteiger charge is -2.66. The number of aliphatic hydroxyl groups is 1. The average Bonchev–Trinajstić information content (AvgIpc) is 3.16. The lowest BCUT2D eigenvalue weighted by Crippen LogP contribution is -2.70. The van der Waals surface area contributed by atoms with E-state index >= 15 is 0 Å². The number of fused-ring (bicyclic) bond motifs is 1. The van der Waals surface area contributed by atoms with Crippen LogP contribution >= 0.6 is 0 Å². The fourth-order valence-electron chi connectivity index (χ4n) is 8.99. The van der Waals surface area contributed by atoms with E-state index in [0.717, 1.165) is 50.9 Å². The van der Waals surface area contributed by atoms with Crippen LogP contribution in [0.15, 0.2) is 18.2 Å². The number of carboxylic acid groups (broad SMARTS) is 1. The molecule has 6 nitrogen and oxygen atoms in total. The van der Waals surface area contributed by atoms with Crippen molar-refractivity contribution in [2.24, 2.45) is 17.3 Å². The van der Waals surface area contributed by atoms with E-state index in [0.29, 0.717) is 24.4 Å². The van der Waals surface area contributed by atoms with Crippen molar-refractivity contribution in [3.05, 3.63) is 29.3 Å². The van der Waals surface area contributed by atoms with E-state index < -0.39 is 6.09 Å². The van der Waals surface area contributed by atoms with Crippen LogP contribution in [0.2, 0.25) is 0 Å². The summed E-state index contributed by atoms with van der Waals surface area (Å²) in [6, 6.07) is 7.17. The number of methoxy groups -OCH3 is 1. The zero-order chi connectivity index (χ0) is 20.8. The highest BCUT2D eigenvalue weighted by molar-refractivity contribution is 5.67. The number of piperidine rings is 1. The molecular formula is C24H32N2O4. The van der Waals surface area contributed by atoms with Gasteiger partial charge in [0.25, 0.3) is 0 Å². The first-order chi connectivity index (χ1) is 14.4. The number of β-amino-alcohol motifs (C(OH)–C–C–N with tert-alkyl or cyclic N) is 1. The van der Waals surface area contributed by atoms with Crippen molar-refractivity contribution in [2.75, 3.05) is 26.7 Å². The fourth-order valence-corrected chi connectivity index (χ4v) is 8.99. The molecule has 0 radical (unpaired) electrons. The summed E-state index contributed by atoms with van der Waals surface area (Å²) in [5.74, 6) is 1.76. The molecule has 2 N–H and O–H groups in total. The predicted molar refractivity (Wildman–Crippen MR) is 112 cm³/mol. The number of nitrogens with zero attached hydrogens (tertiary/aromatic N) is 2. The van der Waals surface area contributed by atoms with Crippen LogP contribution in [0.25, 0.3) is 0 Å². The fraction of sp³-hybridized carbons (Fsp3) is 0.708. The third-order valence-electron chi connectivity index (χ3n) is 9.55. The molecule has 2 aliphatic heterocycles. The summed E-state index contributed by atoms with van der Waals surface area (Å²) in [7, 11) is 1.73. The molecular weight excluding hydrogens is 380 g/mol. The summed E-state index contributed by atoms with van der Waals surface area (Å²) >= 11 is 0. The van der Waals surface area contributed by atoms with Gasteiger partial charge in [0, 0.05) is 30.6 Å². The predicted octanol–water partition coefficient (Wildman–Crippen LogP) is 2.72. The molecule has 0 spiro atoms. The van der Waals surface area contributed by atoms with Gasteiger partial charge < -0.3 is 19.8 Å². The molecule has 5 aliphatic rings. The van der Waals surface area contributed by atoms with Crippen molar-refractivity contribution in [3.8, 4) is 5.75 Å². The first-order valence-electron chi connectivity index (χ1n) is 11.5. The highest BCUT2D eigenvalue weighted by atomic mass is 16.5. The van der Waals surface area contributed by atoms with Gasteiger partial charge >= 0.3 is 6.09 Å². The standard InChI is InChI=1S/C24H32N2O4/c1-14(27)12-25-8-7-24-18-10-17(30-2)4-3-15(18)9-20(25)23(24)6-5-19-21(24)16(11-23)13-26(19)22(28)29/h3-4,10,14,16,19-21,27H,5-9,11-13H2,1-2H3,(H,28,29)/t14-,16-,19?,20-,21?,23-,24+/m1/s1. The number of hydrogen-bond acceptors (Lipinski definition) is 4. The minimum Gasteiger partial charge on any atom is -0.497 e. The van der Waals surface area contributed by atoms with Crippen molar-refractivity contribution >= 4 is 6.09 Å². The number of rotatable bonds is 3. The Hall–Kier alpha value is -1.79. The van der Waals surface area contributed by atoms with E-state index in [4.69, 9.17) is 4.74 Å². The zero-order valence-electron chi connectivity index (χ0n) is 17.9. The van der Waals surface area contributed by atoms with E-state index in [2.05, 4.69) is 23.1 Å². The third kappa shape index (κ3) is 2.09. The first-order valence-corrected chi connectivity index (χ1v) is 11.5. The molecule has 7 atom stereocenters. The average molecular weight is 413 g/mol. The van der Waals surface area contributed by atoms with Gasteiger partial charge in [0.15, 0.2) is 0 Å². The quantitative estimate of drug-likeness (QED) is 0.799. The number of ether oxygens (including phenoxy) is 1. The molecule has 4 fully saturated rings. The van der Waals surface area contributed by atoms with Gasteiger partial charge in [0.1, 0.15) is 5.75 Å². The van der Waals surface area contributed by atoms with Gasteiger partial charge in [-0.15, -0.1) is 0 Å². The largest absolute Gasteiger partial charge is 0.497 e. The van der Waals surface area contributed by atoms with E-state index in [9.17, 15) is 15.0 Å². The van der Waals surface area contributed by atoms with Crippen LogP contribution in [0.1, 0.15) is 43.7 Å². The van der Waals surface area contributed by atoms with Crippen LogP contribution in [-0.4, -0.2) is 71.0 Å². The van der Waals surface area contributed by atoms with Crippen LogP contribution in [0, 0.1) is 17.3 Å². The second-order valence-corrected chi connectivity index (χ2v) is 10.5. The van der Waals surface area contributed by atoms with Gasteiger partial charge in [-0.3, -0.25) is 4.90 Å². The van der Waals surface area contributed by atoms with Crippen LogP contribution < -0.4 is 4.74 Å².